The molecule has 0 saturated heterocycles. The van der Waals surface area contributed by atoms with Crippen molar-refractivity contribution in [3.05, 3.63) is 187 Å². The van der Waals surface area contributed by atoms with Crippen LogP contribution in [0.2, 0.25) is 0 Å². The minimum absolute atomic E-state index is 0.336. The Morgan fingerprint density at radius 1 is 0.345 bits per heavy atom. The highest BCUT2D eigenvalue weighted by Gasteiger charge is 2.37. The second-order valence-electron chi connectivity index (χ2n) is 15.2. The van der Waals surface area contributed by atoms with Crippen molar-refractivity contribution in [2.24, 2.45) is 0 Å². The summed E-state index contributed by atoms with van der Waals surface area (Å²) in [5, 5.41) is 2.28. The predicted molar refractivity (Wildman–Crippen MR) is 232 cm³/mol. The molecule has 1 aliphatic rings. The van der Waals surface area contributed by atoms with E-state index in [0.29, 0.717) is 35.1 Å². The van der Waals surface area contributed by atoms with Gasteiger partial charge in [0.15, 0.2) is 29.1 Å². The molecular weight excluding hydrogens is 711 g/mol. The molecule has 3 heterocycles. The minimum Gasteiger partial charge on any atom is -0.278 e. The second kappa shape index (κ2) is 13.2. The van der Waals surface area contributed by atoms with Gasteiger partial charge in [0.05, 0.1) is 11.0 Å². The van der Waals surface area contributed by atoms with Crippen molar-refractivity contribution in [3.63, 3.8) is 0 Å². The molecule has 10 aromatic rings. The van der Waals surface area contributed by atoms with Gasteiger partial charge in [0.1, 0.15) is 0 Å². The van der Waals surface area contributed by atoms with Crippen LogP contribution in [0.3, 0.4) is 0 Å². The number of aromatic nitrogens is 7. The first-order valence-electron chi connectivity index (χ1n) is 19.5. The lowest BCUT2D eigenvalue weighted by atomic mass is 9.81. The highest BCUT2D eigenvalue weighted by Crippen LogP contribution is 2.52. The molecule has 0 fully saturated rings. The van der Waals surface area contributed by atoms with E-state index in [9.17, 15) is 0 Å². The van der Waals surface area contributed by atoms with Crippen molar-refractivity contribution in [1.82, 2.24) is 34.5 Å². The van der Waals surface area contributed by atoms with Crippen molar-refractivity contribution in [1.29, 1.82) is 0 Å². The molecule has 0 amide bonds. The van der Waals surface area contributed by atoms with E-state index in [1.165, 1.54) is 22.3 Å². The predicted octanol–water partition coefficient (Wildman–Crippen LogP) is 11.8. The number of rotatable bonds is 6. The van der Waals surface area contributed by atoms with Gasteiger partial charge in [-0.1, -0.05) is 166 Å². The van der Waals surface area contributed by atoms with Gasteiger partial charge in [-0.05, 0) is 46.5 Å². The van der Waals surface area contributed by atoms with Crippen molar-refractivity contribution in [2.45, 2.75) is 19.3 Å². The molecular formula is C51H35N7. The average molecular weight is 746 g/mol. The van der Waals surface area contributed by atoms with Crippen molar-refractivity contribution in [2.75, 3.05) is 0 Å². The zero-order chi connectivity index (χ0) is 38.8. The van der Waals surface area contributed by atoms with Gasteiger partial charge in [-0.15, -0.1) is 0 Å². The largest absolute Gasteiger partial charge is 0.278 e. The van der Waals surface area contributed by atoms with E-state index in [1.54, 1.807) is 0 Å². The SMILES string of the molecule is CC1(C)c2cc(-c3nc(-c4ccccc4)nc(-c4ccccc4)n3)ccc2-c2cc3c4ccccc4n(-c4nc(-c5ccccc5)nc(-c5ccccc5)n4)c3cc21. The maximum Gasteiger partial charge on any atom is 0.238 e. The van der Waals surface area contributed by atoms with E-state index >= 15 is 0 Å². The van der Waals surface area contributed by atoms with Crippen molar-refractivity contribution >= 4 is 21.8 Å². The third kappa shape index (κ3) is 5.51. The van der Waals surface area contributed by atoms with Crippen LogP contribution in [-0.2, 0) is 5.41 Å². The van der Waals surface area contributed by atoms with Gasteiger partial charge in [-0.3, -0.25) is 4.57 Å². The normalized spacial score (nSPS) is 12.8. The first-order valence-corrected chi connectivity index (χ1v) is 19.5. The summed E-state index contributed by atoms with van der Waals surface area (Å²) in [7, 11) is 0. The first-order chi connectivity index (χ1) is 28.5. The monoisotopic (exact) mass is 745 g/mol. The minimum atomic E-state index is -0.336. The fourth-order valence-corrected chi connectivity index (χ4v) is 8.39. The lowest BCUT2D eigenvalue weighted by molar-refractivity contribution is 0.661. The Labute approximate surface area is 335 Å². The topological polar surface area (TPSA) is 82.3 Å². The van der Waals surface area contributed by atoms with E-state index < -0.39 is 0 Å². The number of hydrogen-bond donors (Lipinski definition) is 0. The summed E-state index contributed by atoms with van der Waals surface area (Å²) < 4.78 is 2.21. The van der Waals surface area contributed by atoms with E-state index in [-0.39, 0.29) is 5.41 Å². The van der Waals surface area contributed by atoms with Crippen LogP contribution in [0, 0.1) is 0 Å². The smallest absolute Gasteiger partial charge is 0.238 e. The van der Waals surface area contributed by atoms with Gasteiger partial charge in [-0.25, -0.2) is 19.9 Å². The van der Waals surface area contributed by atoms with Gasteiger partial charge in [0, 0.05) is 44.0 Å². The fourth-order valence-electron chi connectivity index (χ4n) is 8.39. The number of hydrogen-bond acceptors (Lipinski definition) is 6. The molecule has 274 valence electrons. The molecule has 7 aromatic carbocycles. The Balaban J connectivity index is 1.09. The molecule has 7 nitrogen and oxygen atoms in total. The number of benzene rings is 7. The van der Waals surface area contributed by atoms with E-state index in [1.807, 2.05) is 121 Å². The summed E-state index contributed by atoms with van der Waals surface area (Å²) in [5.41, 5.74) is 11.3. The molecule has 58 heavy (non-hydrogen) atoms. The van der Waals surface area contributed by atoms with Crippen LogP contribution in [0.5, 0.6) is 0 Å². The molecule has 0 radical (unpaired) electrons. The Morgan fingerprint density at radius 2 is 0.776 bits per heavy atom. The molecule has 11 rings (SSSR count). The van der Waals surface area contributed by atoms with Crippen LogP contribution in [0.25, 0.3) is 95.8 Å². The zero-order valence-electron chi connectivity index (χ0n) is 31.9. The standard InChI is InChI=1S/C51H35N7/c1-51(2)41-29-36(49-53-45(32-17-7-3-8-18-32)52-46(54-49)33-19-9-4-10-20-33)27-28-37(41)39-30-40-38-25-15-16-26-43(38)58(44(40)31-42(39)51)50-56-47(34-21-11-5-12-22-34)55-48(57-50)35-23-13-6-14-24-35/h3-31H,1-2H3. The molecule has 0 atom stereocenters. The summed E-state index contributed by atoms with van der Waals surface area (Å²) >= 11 is 0. The van der Waals surface area contributed by atoms with Crippen LogP contribution in [-0.4, -0.2) is 34.5 Å². The second-order valence-corrected chi connectivity index (χ2v) is 15.2. The van der Waals surface area contributed by atoms with Gasteiger partial charge in [0.25, 0.3) is 0 Å². The molecule has 0 aliphatic heterocycles. The fraction of sp³-hybridized carbons (Fsp3) is 0.0588. The lowest BCUT2D eigenvalue weighted by Gasteiger charge is -2.22. The Hall–Kier alpha value is -7.64. The van der Waals surface area contributed by atoms with Crippen LogP contribution in [0.15, 0.2) is 176 Å². The van der Waals surface area contributed by atoms with Gasteiger partial charge < -0.3 is 0 Å². The molecule has 7 heteroatoms. The summed E-state index contributed by atoms with van der Waals surface area (Å²) in [5.74, 6) is 3.76. The van der Waals surface area contributed by atoms with Gasteiger partial charge >= 0.3 is 0 Å². The van der Waals surface area contributed by atoms with Crippen molar-refractivity contribution in [3.8, 4) is 74.0 Å². The summed E-state index contributed by atoms with van der Waals surface area (Å²) in [6, 6.07) is 60.4. The Morgan fingerprint density at radius 3 is 1.29 bits per heavy atom. The molecule has 0 spiro atoms. The van der Waals surface area contributed by atoms with Crippen LogP contribution in [0.4, 0.5) is 0 Å². The Kier molecular flexibility index (Phi) is 7.69. The first kappa shape index (κ1) is 33.7. The molecule has 3 aromatic heterocycles. The summed E-state index contributed by atoms with van der Waals surface area (Å²) in [6.45, 7) is 4.62. The third-order valence-corrected chi connectivity index (χ3v) is 11.3. The average Bonchev–Trinajstić information content (AvgIpc) is 3.73. The molecule has 0 saturated carbocycles. The van der Waals surface area contributed by atoms with Crippen LogP contribution < -0.4 is 0 Å². The highest BCUT2D eigenvalue weighted by atomic mass is 15.2. The Bertz CT molecular complexity index is 3060. The zero-order valence-corrected chi connectivity index (χ0v) is 31.9. The van der Waals surface area contributed by atoms with Gasteiger partial charge in [-0.2, -0.15) is 9.97 Å². The lowest BCUT2D eigenvalue weighted by Crippen LogP contribution is -2.15. The number of fused-ring (bicyclic) bond motifs is 6. The van der Waals surface area contributed by atoms with E-state index in [4.69, 9.17) is 29.9 Å². The van der Waals surface area contributed by atoms with E-state index in [2.05, 4.69) is 73.0 Å². The number of para-hydroxylation sites is 1. The van der Waals surface area contributed by atoms with E-state index in [0.717, 1.165) is 49.6 Å². The van der Waals surface area contributed by atoms with Crippen LogP contribution in [0.1, 0.15) is 25.0 Å². The van der Waals surface area contributed by atoms with Crippen LogP contribution >= 0.6 is 0 Å². The number of nitrogens with zero attached hydrogens (tertiary/aromatic N) is 7. The highest BCUT2D eigenvalue weighted by molar-refractivity contribution is 6.11. The van der Waals surface area contributed by atoms with Gasteiger partial charge in [0.2, 0.25) is 5.95 Å². The summed E-state index contributed by atoms with van der Waals surface area (Å²) in [6.07, 6.45) is 0. The maximum atomic E-state index is 5.17. The maximum absolute atomic E-state index is 5.17. The quantitative estimate of drug-likeness (QED) is 0.169. The molecule has 0 N–H and O–H groups in total. The third-order valence-electron chi connectivity index (χ3n) is 11.3. The van der Waals surface area contributed by atoms with Crippen molar-refractivity contribution < 1.29 is 0 Å². The molecule has 0 bridgehead atoms. The molecule has 1 aliphatic carbocycles. The summed E-state index contributed by atoms with van der Waals surface area (Å²) in [4.78, 5) is 30.3. The molecule has 0 unspecified atom stereocenters.